The van der Waals surface area contributed by atoms with E-state index in [0.717, 1.165) is 32.1 Å². The van der Waals surface area contributed by atoms with Gasteiger partial charge in [0, 0.05) is 59.4 Å². The molecule has 2 saturated heterocycles. The van der Waals surface area contributed by atoms with Crippen molar-refractivity contribution < 1.29 is 14.3 Å². The van der Waals surface area contributed by atoms with Crippen LogP contribution in [-0.4, -0.2) is 112 Å². The molecule has 2 heterocycles. The number of ether oxygens (including phenoxy) is 1. The molecule has 2 amide bonds. The molecule has 9 nitrogen and oxygen atoms in total. The van der Waals surface area contributed by atoms with Crippen LogP contribution in [-0.2, 0) is 14.3 Å². The van der Waals surface area contributed by atoms with Crippen molar-refractivity contribution in [3.63, 3.8) is 0 Å². The first-order valence-corrected chi connectivity index (χ1v) is 10.2. The third-order valence-corrected chi connectivity index (χ3v) is 5.25. The molecule has 0 unspecified atom stereocenters. The number of piperazine rings is 1. The highest BCUT2D eigenvalue weighted by Gasteiger charge is 2.29. The maximum absolute atomic E-state index is 12.4. The number of guanidine groups is 1. The van der Waals surface area contributed by atoms with Crippen molar-refractivity contribution in [2.45, 2.75) is 20.8 Å². The Balaban J connectivity index is 1.77. The molecule has 0 aromatic carbocycles. The molecule has 0 saturated carbocycles. The number of carbonyl (C=O) groups is 2. The van der Waals surface area contributed by atoms with E-state index in [2.05, 4.69) is 25.4 Å². The summed E-state index contributed by atoms with van der Waals surface area (Å²) in [7, 11) is 1.76. The Morgan fingerprint density at radius 2 is 1.64 bits per heavy atom. The van der Waals surface area contributed by atoms with Gasteiger partial charge >= 0.3 is 0 Å². The number of hydrogen-bond donors (Lipinski definition) is 2. The quantitative estimate of drug-likeness (QED) is 0.451. The van der Waals surface area contributed by atoms with Gasteiger partial charge in [0.1, 0.15) is 0 Å². The predicted molar refractivity (Wildman–Crippen MR) is 109 cm³/mol. The van der Waals surface area contributed by atoms with Crippen molar-refractivity contribution in [2.75, 3.05) is 79.2 Å². The summed E-state index contributed by atoms with van der Waals surface area (Å²) < 4.78 is 5.31. The van der Waals surface area contributed by atoms with E-state index in [1.165, 1.54) is 0 Å². The van der Waals surface area contributed by atoms with E-state index in [9.17, 15) is 9.59 Å². The number of carbonyl (C=O) groups excluding carboxylic acids is 2. The summed E-state index contributed by atoms with van der Waals surface area (Å²) in [6.45, 7) is 13.3. The van der Waals surface area contributed by atoms with Crippen LogP contribution in [0.3, 0.4) is 0 Å². The van der Waals surface area contributed by atoms with Crippen LogP contribution in [0.2, 0.25) is 0 Å². The van der Waals surface area contributed by atoms with Crippen LogP contribution >= 0.6 is 0 Å². The molecular weight excluding hydrogens is 360 g/mol. The smallest absolute Gasteiger partial charge is 0.236 e. The first-order valence-electron chi connectivity index (χ1n) is 10.2. The minimum Gasteiger partial charge on any atom is -0.378 e. The second kappa shape index (κ2) is 10.6. The van der Waals surface area contributed by atoms with E-state index in [1.807, 2.05) is 25.7 Å². The second-order valence-corrected chi connectivity index (χ2v) is 7.90. The van der Waals surface area contributed by atoms with Gasteiger partial charge in [0.05, 0.1) is 25.2 Å². The standard InChI is InChI=1S/C19H36N6O3/c1-5-21-17(27)19(2,3)15-22-18(20-4)25-8-6-23(7-9-25)14-16(26)24-10-12-28-13-11-24/h5-15H2,1-4H3,(H,20,22)(H,21,27). The molecule has 0 radical (unpaired) electrons. The summed E-state index contributed by atoms with van der Waals surface area (Å²) in [4.78, 5) is 35.2. The number of hydrogen-bond acceptors (Lipinski definition) is 5. The van der Waals surface area contributed by atoms with Gasteiger partial charge in [-0.3, -0.25) is 19.5 Å². The Labute approximate surface area is 168 Å². The van der Waals surface area contributed by atoms with Gasteiger partial charge in [-0.2, -0.15) is 0 Å². The van der Waals surface area contributed by atoms with Gasteiger partial charge in [0.25, 0.3) is 0 Å². The summed E-state index contributed by atoms with van der Waals surface area (Å²) in [5.74, 6) is 1.02. The maximum atomic E-state index is 12.4. The number of nitrogens with zero attached hydrogens (tertiary/aromatic N) is 4. The summed E-state index contributed by atoms with van der Waals surface area (Å²) in [6.07, 6.45) is 0. The fourth-order valence-corrected chi connectivity index (χ4v) is 3.33. The van der Waals surface area contributed by atoms with Crippen LogP contribution in [0.5, 0.6) is 0 Å². The maximum Gasteiger partial charge on any atom is 0.236 e. The van der Waals surface area contributed by atoms with Crippen LogP contribution < -0.4 is 10.6 Å². The normalized spacial score (nSPS) is 19.5. The molecule has 0 aromatic rings. The SMILES string of the molecule is CCNC(=O)C(C)(C)CNC(=NC)N1CCN(CC(=O)N2CCOCC2)CC1. The van der Waals surface area contributed by atoms with Gasteiger partial charge in [-0.25, -0.2) is 0 Å². The van der Waals surface area contributed by atoms with Crippen LogP contribution in [0.1, 0.15) is 20.8 Å². The fourth-order valence-electron chi connectivity index (χ4n) is 3.33. The molecule has 0 spiro atoms. The zero-order valence-corrected chi connectivity index (χ0v) is 17.8. The molecule has 0 atom stereocenters. The molecule has 2 aliphatic heterocycles. The molecule has 2 N–H and O–H groups in total. The Bertz CT molecular complexity index is 552. The Morgan fingerprint density at radius 1 is 1.00 bits per heavy atom. The van der Waals surface area contributed by atoms with Gasteiger partial charge in [-0.05, 0) is 20.8 Å². The summed E-state index contributed by atoms with van der Waals surface area (Å²) >= 11 is 0. The first kappa shape index (κ1) is 22.4. The zero-order valence-electron chi connectivity index (χ0n) is 17.8. The largest absolute Gasteiger partial charge is 0.378 e. The van der Waals surface area contributed by atoms with E-state index in [1.54, 1.807) is 7.05 Å². The second-order valence-electron chi connectivity index (χ2n) is 7.90. The zero-order chi connectivity index (χ0) is 20.6. The van der Waals surface area contributed by atoms with Gasteiger partial charge in [0.2, 0.25) is 11.8 Å². The topological polar surface area (TPSA) is 89.5 Å². The van der Waals surface area contributed by atoms with E-state index < -0.39 is 5.41 Å². The Morgan fingerprint density at radius 3 is 2.21 bits per heavy atom. The third kappa shape index (κ3) is 6.34. The highest BCUT2D eigenvalue weighted by Crippen LogP contribution is 2.14. The molecule has 2 fully saturated rings. The molecule has 0 bridgehead atoms. The molecule has 2 rings (SSSR count). The van der Waals surface area contributed by atoms with E-state index in [-0.39, 0.29) is 11.8 Å². The number of morpholine rings is 1. The summed E-state index contributed by atoms with van der Waals surface area (Å²) in [5.41, 5.74) is -0.516. The fraction of sp³-hybridized carbons (Fsp3) is 0.842. The molecule has 2 aliphatic rings. The average Bonchev–Trinajstić information content (AvgIpc) is 2.70. The molecule has 160 valence electrons. The minimum atomic E-state index is -0.516. The van der Waals surface area contributed by atoms with Gasteiger partial charge in [0.15, 0.2) is 5.96 Å². The van der Waals surface area contributed by atoms with Gasteiger partial charge < -0.3 is 25.2 Å². The third-order valence-electron chi connectivity index (χ3n) is 5.25. The number of amides is 2. The van der Waals surface area contributed by atoms with E-state index >= 15 is 0 Å². The van der Waals surface area contributed by atoms with Crippen molar-refractivity contribution in [3.05, 3.63) is 0 Å². The summed E-state index contributed by atoms with van der Waals surface area (Å²) in [5, 5.41) is 6.21. The van der Waals surface area contributed by atoms with Crippen LogP contribution in [0.4, 0.5) is 0 Å². The lowest BCUT2D eigenvalue weighted by atomic mass is 9.92. The molecular formula is C19H36N6O3. The van der Waals surface area contributed by atoms with Crippen molar-refractivity contribution in [2.24, 2.45) is 10.4 Å². The minimum absolute atomic E-state index is 0.0318. The van der Waals surface area contributed by atoms with Crippen molar-refractivity contribution in [1.82, 2.24) is 25.3 Å². The lowest BCUT2D eigenvalue weighted by molar-refractivity contribution is -0.136. The van der Waals surface area contributed by atoms with Gasteiger partial charge in [-0.1, -0.05) is 0 Å². The highest BCUT2D eigenvalue weighted by molar-refractivity contribution is 5.84. The molecule has 28 heavy (non-hydrogen) atoms. The monoisotopic (exact) mass is 396 g/mol. The number of aliphatic imine (C=N–C) groups is 1. The Hall–Kier alpha value is -1.87. The average molecular weight is 397 g/mol. The number of nitrogens with one attached hydrogen (secondary N) is 2. The van der Waals surface area contributed by atoms with Crippen LogP contribution in [0.15, 0.2) is 4.99 Å². The first-order chi connectivity index (χ1) is 13.4. The van der Waals surface area contributed by atoms with E-state index in [4.69, 9.17) is 4.74 Å². The van der Waals surface area contributed by atoms with E-state index in [0.29, 0.717) is 45.9 Å². The lowest BCUT2D eigenvalue weighted by Crippen LogP contribution is -2.56. The molecule has 9 heteroatoms. The predicted octanol–water partition coefficient (Wildman–Crippen LogP) is -0.799. The summed E-state index contributed by atoms with van der Waals surface area (Å²) in [6, 6.07) is 0. The molecule has 0 aromatic heterocycles. The van der Waals surface area contributed by atoms with Crippen molar-refractivity contribution >= 4 is 17.8 Å². The van der Waals surface area contributed by atoms with Crippen molar-refractivity contribution in [3.8, 4) is 0 Å². The Kier molecular flexibility index (Phi) is 8.50. The van der Waals surface area contributed by atoms with Gasteiger partial charge in [-0.15, -0.1) is 0 Å². The number of rotatable bonds is 6. The van der Waals surface area contributed by atoms with Crippen molar-refractivity contribution in [1.29, 1.82) is 0 Å². The highest BCUT2D eigenvalue weighted by atomic mass is 16.5. The van der Waals surface area contributed by atoms with Crippen LogP contribution in [0, 0.1) is 5.41 Å². The van der Waals surface area contributed by atoms with Crippen LogP contribution in [0.25, 0.3) is 0 Å². The lowest BCUT2D eigenvalue weighted by Gasteiger charge is -2.38. The molecule has 0 aliphatic carbocycles.